The maximum atomic E-state index is 12.3. The van der Waals surface area contributed by atoms with Crippen LogP contribution in [0.2, 0.25) is 0 Å². The Morgan fingerprint density at radius 1 is 1.35 bits per heavy atom. The van der Waals surface area contributed by atoms with E-state index in [1.165, 1.54) is 0 Å². The first kappa shape index (κ1) is 14.9. The van der Waals surface area contributed by atoms with E-state index in [1.807, 2.05) is 23.2 Å². The van der Waals surface area contributed by atoms with Crippen molar-refractivity contribution in [2.75, 3.05) is 12.8 Å². The van der Waals surface area contributed by atoms with Crippen LogP contribution in [-0.4, -0.2) is 23.0 Å². The monoisotopic (exact) mass is 316 g/mol. The molecule has 0 saturated heterocycles. The Labute approximate surface area is 130 Å². The number of nitrogen functional groups attached to an aromatic ring is 1. The van der Waals surface area contributed by atoms with Crippen LogP contribution in [0.1, 0.15) is 34.1 Å². The molecule has 0 saturated carbocycles. The third-order valence-corrected chi connectivity index (χ3v) is 3.94. The molecule has 120 valence electrons. The van der Waals surface area contributed by atoms with E-state index in [1.54, 1.807) is 7.11 Å². The number of aryl methyl sites for hydroxylation is 1. The van der Waals surface area contributed by atoms with Crippen molar-refractivity contribution in [3.63, 3.8) is 0 Å². The molecule has 23 heavy (non-hydrogen) atoms. The third kappa shape index (κ3) is 2.70. The number of hydrogen-bond donors (Lipinski definition) is 4. The highest BCUT2D eigenvalue weighted by Crippen LogP contribution is 2.33. The first-order valence-electron chi connectivity index (χ1n) is 7.09. The third-order valence-electron chi connectivity index (χ3n) is 3.94. The van der Waals surface area contributed by atoms with Crippen LogP contribution in [0.3, 0.4) is 0 Å². The van der Waals surface area contributed by atoms with E-state index in [9.17, 15) is 14.4 Å². The van der Waals surface area contributed by atoms with Crippen LogP contribution < -0.4 is 27.0 Å². The largest absolute Gasteiger partial charge is 0.497 e. The van der Waals surface area contributed by atoms with Crippen molar-refractivity contribution >= 4 is 11.6 Å². The van der Waals surface area contributed by atoms with Crippen LogP contribution >= 0.6 is 0 Å². The number of benzene rings is 1. The van der Waals surface area contributed by atoms with Crippen molar-refractivity contribution in [1.29, 1.82) is 0 Å². The number of carbonyl (C=O) groups is 1. The van der Waals surface area contributed by atoms with Crippen LogP contribution in [0.25, 0.3) is 0 Å². The van der Waals surface area contributed by atoms with Crippen LogP contribution in [0.5, 0.6) is 5.75 Å². The lowest BCUT2D eigenvalue weighted by Crippen LogP contribution is -2.34. The molecule has 1 unspecified atom stereocenters. The Kier molecular flexibility index (Phi) is 3.65. The van der Waals surface area contributed by atoms with Gasteiger partial charge in [-0.2, -0.15) is 0 Å². The van der Waals surface area contributed by atoms with Gasteiger partial charge in [0, 0.05) is 0 Å². The van der Waals surface area contributed by atoms with Gasteiger partial charge in [0.25, 0.3) is 11.5 Å². The standard InChI is InChI=1S/C15H16N4O4/c1-23-8-4-2-7-3-5-10(9(7)6-8)17-14(21)12-11(16)13(20)19-15(22)18-12/h2,4,6,10H,3,5,16H2,1H3,(H,17,21)(H2,18,19,20,22). The summed E-state index contributed by atoms with van der Waals surface area (Å²) in [6.07, 6.45) is 1.55. The summed E-state index contributed by atoms with van der Waals surface area (Å²) in [5.74, 6) is 0.111. The number of hydrogen-bond acceptors (Lipinski definition) is 5. The zero-order chi connectivity index (χ0) is 16.6. The predicted octanol–water partition coefficient (Wildman–Crippen LogP) is 0.0713. The van der Waals surface area contributed by atoms with Gasteiger partial charge in [-0.25, -0.2) is 4.79 Å². The molecule has 1 aliphatic rings. The van der Waals surface area contributed by atoms with Gasteiger partial charge in [-0.1, -0.05) is 6.07 Å². The zero-order valence-electron chi connectivity index (χ0n) is 12.4. The molecule has 1 aromatic heterocycles. The summed E-state index contributed by atoms with van der Waals surface area (Å²) < 4.78 is 5.20. The number of nitrogens with two attached hydrogens (primary N) is 1. The first-order chi connectivity index (χ1) is 11.0. The summed E-state index contributed by atoms with van der Waals surface area (Å²) in [5.41, 5.74) is 5.56. The molecule has 8 heteroatoms. The highest BCUT2D eigenvalue weighted by Gasteiger charge is 2.26. The number of nitrogens with one attached hydrogen (secondary N) is 3. The fourth-order valence-electron chi connectivity index (χ4n) is 2.76. The summed E-state index contributed by atoms with van der Waals surface area (Å²) in [6.45, 7) is 0. The van der Waals surface area contributed by atoms with Crippen molar-refractivity contribution in [3.8, 4) is 5.75 Å². The summed E-state index contributed by atoms with van der Waals surface area (Å²) in [6, 6.07) is 5.48. The molecule has 5 N–H and O–H groups in total. The van der Waals surface area contributed by atoms with E-state index >= 15 is 0 Å². The maximum absolute atomic E-state index is 12.3. The van der Waals surface area contributed by atoms with E-state index < -0.39 is 17.2 Å². The van der Waals surface area contributed by atoms with Crippen molar-refractivity contribution in [2.24, 2.45) is 0 Å². The molecule has 0 spiro atoms. The van der Waals surface area contributed by atoms with E-state index in [0.717, 1.165) is 24.0 Å². The van der Waals surface area contributed by atoms with Crippen LogP contribution in [0.4, 0.5) is 5.69 Å². The minimum atomic E-state index is -0.785. The second-order valence-corrected chi connectivity index (χ2v) is 5.33. The molecular formula is C15H16N4O4. The molecule has 1 heterocycles. The molecule has 3 rings (SSSR count). The minimum Gasteiger partial charge on any atom is -0.497 e. The summed E-state index contributed by atoms with van der Waals surface area (Å²) >= 11 is 0. The number of H-pyrrole nitrogens is 2. The van der Waals surface area contributed by atoms with Gasteiger partial charge >= 0.3 is 5.69 Å². The van der Waals surface area contributed by atoms with Gasteiger partial charge in [0.05, 0.1) is 13.2 Å². The van der Waals surface area contributed by atoms with Crippen LogP contribution in [-0.2, 0) is 6.42 Å². The molecule has 0 aliphatic heterocycles. The second-order valence-electron chi connectivity index (χ2n) is 5.33. The lowest BCUT2D eigenvalue weighted by atomic mass is 10.1. The van der Waals surface area contributed by atoms with E-state index in [0.29, 0.717) is 5.75 Å². The quantitative estimate of drug-likeness (QED) is 0.636. The van der Waals surface area contributed by atoms with Gasteiger partial charge < -0.3 is 20.8 Å². The molecule has 1 atom stereocenters. The highest BCUT2D eigenvalue weighted by molar-refractivity contribution is 5.97. The van der Waals surface area contributed by atoms with Gasteiger partial charge in [0.1, 0.15) is 17.1 Å². The van der Waals surface area contributed by atoms with Crippen molar-refractivity contribution in [1.82, 2.24) is 15.3 Å². The molecular weight excluding hydrogens is 300 g/mol. The van der Waals surface area contributed by atoms with Gasteiger partial charge in [-0.15, -0.1) is 0 Å². The first-order valence-corrected chi connectivity index (χ1v) is 7.09. The number of rotatable bonds is 3. The number of ether oxygens (including phenoxy) is 1. The summed E-state index contributed by atoms with van der Waals surface area (Å²) in [5, 5.41) is 2.80. The molecule has 1 aromatic carbocycles. The topological polar surface area (TPSA) is 130 Å². The average molecular weight is 316 g/mol. The Bertz CT molecular complexity index is 884. The van der Waals surface area contributed by atoms with Gasteiger partial charge in [0.15, 0.2) is 0 Å². The molecule has 2 aromatic rings. The van der Waals surface area contributed by atoms with Gasteiger partial charge in [-0.05, 0) is 36.1 Å². The fourth-order valence-corrected chi connectivity index (χ4v) is 2.76. The Hall–Kier alpha value is -3.03. The van der Waals surface area contributed by atoms with E-state index in [4.69, 9.17) is 10.5 Å². The number of amides is 1. The number of aromatic nitrogens is 2. The highest BCUT2D eigenvalue weighted by atomic mass is 16.5. The van der Waals surface area contributed by atoms with Crippen LogP contribution in [0.15, 0.2) is 27.8 Å². The fraction of sp³-hybridized carbons (Fsp3) is 0.267. The van der Waals surface area contributed by atoms with Crippen molar-refractivity contribution in [2.45, 2.75) is 18.9 Å². The zero-order valence-corrected chi connectivity index (χ0v) is 12.4. The normalized spacial score (nSPS) is 16.0. The SMILES string of the molecule is COc1ccc2c(c1)C(NC(=O)c1[nH]c(=O)[nH]c(=O)c1N)CC2. The van der Waals surface area contributed by atoms with E-state index in [-0.39, 0.29) is 17.4 Å². The minimum absolute atomic E-state index is 0.227. The smallest absolute Gasteiger partial charge is 0.326 e. The molecule has 1 aliphatic carbocycles. The number of aromatic amines is 2. The predicted molar refractivity (Wildman–Crippen MR) is 83.6 cm³/mol. The van der Waals surface area contributed by atoms with Crippen molar-refractivity contribution in [3.05, 3.63) is 55.9 Å². The number of methoxy groups -OCH3 is 1. The molecule has 0 radical (unpaired) electrons. The van der Waals surface area contributed by atoms with Crippen molar-refractivity contribution < 1.29 is 9.53 Å². The summed E-state index contributed by atoms with van der Waals surface area (Å²) in [4.78, 5) is 39.4. The molecule has 8 nitrogen and oxygen atoms in total. The number of fused-ring (bicyclic) bond motifs is 1. The van der Waals surface area contributed by atoms with E-state index in [2.05, 4.69) is 10.3 Å². The lowest BCUT2D eigenvalue weighted by molar-refractivity contribution is 0.0932. The van der Waals surface area contributed by atoms with Gasteiger partial charge in [-0.3, -0.25) is 14.6 Å². The second kappa shape index (κ2) is 5.64. The Morgan fingerprint density at radius 3 is 2.87 bits per heavy atom. The summed E-state index contributed by atoms with van der Waals surface area (Å²) in [7, 11) is 1.58. The lowest BCUT2D eigenvalue weighted by Gasteiger charge is -2.15. The Balaban J connectivity index is 1.89. The molecule has 1 amide bonds. The van der Waals surface area contributed by atoms with Gasteiger partial charge in [0.2, 0.25) is 0 Å². The Morgan fingerprint density at radius 2 is 2.13 bits per heavy atom. The number of carbonyl (C=O) groups excluding carboxylic acids is 1. The molecule has 0 bridgehead atoms. The average Bonchev–Trinajstić information content (AvgIpc) is 2.92. The number of anilines is 1. The molecule has 0 fully saturated rings. The maximum Gasteiger partial charge on any atom is 0.326 e. The van der Waals surface area contributed by atoms with Crippen LogP contribution in [0, 0.1) is 0 Å².